The van der Waals surface area contributed by atoms with Crippen molar-refractivity contribution in [2.24, 2.45) is 5.92 Å². The summed E-state index contributed by atoms with van der Waals surface area (Å²) in [6.45, 7) is 1.60. The van der Waals surface area contributed by atoms with Crippen molar-refractivity contribution in [1.29, 1.82) is 0 Å². The van der Waals surface area contributed by atoms with Crippen LogP contribution >= 0.6 is 0 Å². The molecular weight excluding hydrogens is 152 g/mol. The second-order valence-corrected chi connectivity index (χ2v) is 3.82. The smallest absolute Gasteiger partial charge is 0.177 e. The van der Waals surface area contributed by atoms with E-state index in [9.17, 15) is 4.79 Å². The number of rotatable bonds is 1. The van der Waals surface area contributed by atoms with Gasteiger partial charge in [-0.25, -0.2) is 0 Å². The van der Waals surface area contributed by atoms with E-state index in [1.807, 2.05) is 0 Å². The van der Waals surface area contributed by atoms with Gasteiger partial charge >= 0.3 is 0 Å². The van der Waals surface area contributed by atoms with E-state index < -0.39 is 0 Å². The van der Waals surface area contributed by atoms with E-state index in [0.717, 1.165) is 23.7 Å². The second-order valence-electron chi connectivity index (χ2n) is 3.82. The maximum Gasteiger partial charge on any atom is 0.177 e. The first kappa shape index (κ1) is 6.40. The summed E-state index contributed by atoms with van der Waals surface area (Å²) in [4.78, 5) is 11.2. The summed E-state index contributed by atoms with van der Waals surface area (Å²) in [5.74, 6) is 1.60. The van der Waals surface area contributed by atoms with E-state index in [1.165, 1.54) is 12.0 Å². The zero-order valence-corrected chi connectivity index (χ0v) is 6.92. The first-order valence-corrected chi connectivity index (χ1v) is 4.35. The number of nitrogens with one attached hydrogen (secondary N) is 1. The van der Waals surface area contributed by atoms with Crippen molar-refractivity contribution in [3.63, 3.8) is 0 Å². The van der Waals surface area contributed by atoms with Crippen LogP contribution < -0.4 is 0 Å². The van der Waals surface area contributed by atoms with Gasteiger partial charge in [0.2, 0.25) is 0 Å². The molecule has 62 valence electrons. The van der Waals surface area contributed by atoms with Crippen molar-refractivity contribution in [3.8, 4) is 0 Å². The first-order valence-electron chi connectivity index (χ1n) is 4.35. The highest BCUT2D eigenvalue weighted by Gasteiger charge is 2.48. The van der Waals surface area contributed by atoms with Crippen molar-refractivity contribution in [1.82, 2.24) is 10.2 Å². The van der Waals surface area contributed by atoms with Crippen LogP contribution in [0, 0.1) is 5.92 Å². The number of aromatic amines is 1. The predicted octanol–water partition coefficient (Wildman–Crippen LogP) is 1.27. The van der Waals surface area contributed by atoms with Crippen LogP contribution in [0.15, 0.2) is 0 Å². The van der Waals surface area contributed by atoms with Crippen LogP contribution in [0.5, 0.6) is 0 Å². The van der Waals surface area contributed by atoms with Crippen LogP contribution in [0.1, 0.15) is 41.0 Å². The predicted molar refractivity (Wildman–Crippen MR) is 43.1 cm³/mol. The molecule has 0 aromatic carbocycles. The minimum absolute atomic E-state index is 0.122. The van der Waals surface area contributed by atoms with Crippen molar-refractivity contribution >= 4 is 5.78 Å². The van der Waals surface area contributed by atoms with Crippen LogP contribution in [0.4, 0.5) is 0 Å². The molecule has 3 nitrogen and oxygen atoms in total. The van der Waals surface area contributed by atoms with E-state index >= 15 is 0 Å². The Morgan fingerprint density at radius 3 is 3.25 bits per heavy atom. The van der Waals surface area contributed by atoms with E-state index in [4.69, 9.17) is 0 Å². The summed E-state index contributed by atoms with van der Waals surface area (Å²) in [7, 11) is 0. The Morgan fingerprint density at radius 2 is 2.50 bits per heavy atom. The van der Waals surface area contributed by atoms with Gasteiger partial charge in [0.25, 0.3) is 0 Å². The number of aromatic nitrogens is 2. The van der Waals surface area contributed by atoms with Gasteiger partial charge in [-0.15, -0.1) is 0 Å². The van der Waals surface area contributed by atoms with E-state index in [-0.39, 0.29) is 5.78 Å². The van der Waals surface area contributed by atoms with Crippen LogP contribution in [0.2, 0.25) is 0 Å². The lowest BCUT2D eigenvalue weighted by atomic mass is 10.1. The number of Topliss-reactive ketones (excluding diaryl/α,β-unsaturated/α-hetero) is 1. The Labute approximate surface area is 70.2 Å². The van der Waals surface area contributed by atoms with Crippen LogP contribution in [0.3, 0.4) is 0 Å². The average Bonchev–Trinajstić information content (AvgIpc) is 2.53. The molecule has 0 saturated heterocycles. The molecular formula is C9H10N2O. The molecule has 1 heterocycles. The van der Waals surface area contributed by atoms with Gasteiger partial charge in [-0.05, 0) is 24.7 Å². The average molecular weight is 162 g/mol. The number of carbonyl (C=O) groups is 1. The highest BCUT2D eigenvalue weighted by molar-refractivity contribution is 5.94. The normalized spacial score (nSPS) is 29.8. The third kappa shape index (κ3) is 0.618. The molecule has 1 aromatic rings. The quantitative estimate of drug-likeness (QED) is 0.632. The van der Waals surface area contributed by atoms with Crippen molar-refractivity contribution in [2.75, 3.05) is 0 Å². The topological polar surface area (TPSA) is 45.8 Å². The molecule has 1 saturated carbocycles. The monoisotopic (exact) mass is 162 g/mol. The zero-order chi connectivity index (χ0) is 8.29. The van der Waals surface area contributed by atoms with E-state index in [1.54, 1.807) is 6.92 Å². The fraction of sp³-hybridized carbons (Fsp3) is 0.556. The molecule has 2 atom stereocenters. The molecule has 3 rings (SSSR count). The minimum Gasteiger partial charge on any atom is -0.293 e. The summed E-state index contributed by atoms with van der Waals surface area (Å²) < 4.78 is 0. The molecule has 2 aliphatic rings. The molecule has 3 heteroatoms. The molecule has 0 spiro atoms. The molecule has 0 aliphatic heterocycles. The largest absolute Gasteiger partial charge is 0.293 e. The summed E-state index contributed by atoms with van der Waals surface area (Å²) in [5.41, 5.74) is 3.13. The number of nitrogens with zero attached hydrogens (tertiary/aromatic N) is 1. The Morgan fingerprint density at radius 1 is 1.67 bits per heavy atom. The van der Waals surface area contributed by atoms with Gasteiger partial charge in [0.1, 0.15) is 5.69 Å². The van der Waals surface area contributed by atoms with Gasteiger partial charge in [0.15, 0.2) is 5.78 Å². The summed E-state index contributed by atoms with van der Waals surface area (Å²) in [5, 5.41) is 6.99. The Balaban J connectivity index is 2.17. The summed E-state index contributed by atoms with van der Waals surface area (Å²) >= 11 is 0. The van der Waals surface area contributed by atoms with Gasteiger partial charge in [-0.2, -0.15) is 5.10 Å². The molecule has 1 N–H and O–H groups in total. The lowest BCUT2D eigenvalue weighted by molar-refractivity contribution is 0.101. The highest BCUT2D eigenvalue weighted by atomic mass is 16.1. The Kier molecular flexibility index (Phi) is 0.953. The maximum absolute atomic E-state index is 11.2. The van der Waals surface area contributed by atoms with Gasteiger partial charge < -0.3 is 0 Å². The molecule has 2 aliphatic carbocycles. The van der Waals surface area contributed by atoms with Gasteiger partial charge in [-0.1, -0.05) is 0 Å². The van der Waals surface area contributed by atoms with Crippen molar-refractivity contribution < 1.29 is 4.79 Å². The van der Waals surface area contributed by atoms with Crippen LogP contribution in [-0.4, -0.2) is 16.0 Å². The number of fused-ring (bicyclic) bond motifs is 3. The summed E-state index contributed by atoms with van der Waals surface area (Å²) in [6, 6.07) is 0. The highest BCUT2D eigenvalue weighted by Crippen LogP contribution is 2.56. The first-order chi connectivity index (χ1) is 5.77. The SMILES string of the molecule is CC(=O)c1[nH]nc2c1C1CC1C2. The van der Waals surface area contributed by atoms with Gasteiger partial charge in [0, 0.05) is 12.5 Å². The van der Waals surface area contributed by atoms with E-state index in [2.05, 4.69) is 10.2 Å². The molecule has 1 aromatic heterocycles. The summed E-state index contributed by atoms with van der Waals surface area (Å²) in [6.07, 6.45) is 2.36. The minimum atomic E-state index is 0.122. The molecule has 1 fully saturated rings. The Bertz CT molecular complexity index is 367. The maximum atomic E-state index is 11.2. The number of hydrogen-bond acceptors (Lipinski definition) is 2. The van der Waals surface area contributed by atoms with Crippen LogP contribution in [0.25, 0.3) is 0 Å². The molecule has 2 unspecified atom stereocenters. The van der Waals surface area contributed by atoms with E-state index in [0.29, 0.717) is 5.92 Å². The van der Waals surface area contributed by atoms with Gasteiger partial charge in [0.05, 0.1) is 5.69 Å². The van der Waals surface area contributed by atoms with Crippen LogP contribution in [-0.2, 0) is 6.42 Å². The zero-order valence-electron chi connectivity index (χ0n) is 6.92. The molecule has 0 radical (unpaired) electrons. The third-order valence-electron chi connectivity index (χ3n) is 2.98. The lowest BCUT2D eigenvalue weighted by Gasteiger charge is -1.93. The number of H-pyrrole nitrogens is 1. The number of carbonyl (C=O) groups excluding carboxylic acids is 1. The fourth-order valence-electron chi connectivity index (χ4n) is 2.29. The van der Waals surface area contributed by atoms with Gasteiger partial charge in [-0.3, -0.25) is 9.89 Å². The standard InChI is InChI=1S/C9H10N2O/c1-4(12)9-8-6-2-5(6)3-7(8)10-11-9/h5-6H,2-3H2,1H3,(H,10,11). The number of hydrogen-bond donors (Lipinski definition) is 1. The third-order valence-corrected chi connectivity index (χ3v) is 2.98. The number of ketones is 1. The molecule has 0 amide bonds. The fourth-order valence-corrected chi connectivity index (χ4v) is 2.29. The van der Waals surface area contributed by atoms with Crippen molar-refractivity contribution in [2.45, 2.75) is 25.7 Å². The molecule has 0 bridgehead atoms. The second kappa shape index (κ2) is 1.79. The lowest BCUT2D eigenvalue weighted by Crippen LogP contribution is -1.96. The van der Waals surface area contributed by atoms with Crippen molar-refractivity contribution in [3.05, 3.63) is 17.0 Å². The Hall–Kier alpha value is -1.12. The molecule has 12 heavy (non-hydrogen) atoms.